The van der Waals surface area contributed by atoms with Crippen LogP contribution >= 0.6 is 11.6 Å². The smallest absolute Gasteiger partial charge is 0.308 e. The zero-order valence-electron chi connectivity index (χ0n) is 8.74. The molecule has 0 saturated heterocycles. The minimum atomic E-state index is -0.945. The average Bonchev–Trinajstić information content (AvgIpc) is 2.25. The quantitative estimate of drug-likeness (QED) is 0.845. The van der Waals surface area contributed by atoms with E-state index in [0.29, 0.717) is 10.6 Å². The van der Waals surface area contributed by atoms with Gasteiger partial charge in [0.2, 0.25) is 0 Å². The number of nitrogens with one attached hydrogen (secondary N) is 1. The van der Waals surface area contributed by atoms with Crippen LogP contribution in [0.4, 0.5) is 0 Å². The van der Waals surface area contributed by atoms with Crippen molar-refractivity contribution in [3.63, 3.8) is 0 Å². The van der Waals surface area contributed by atoms with Crippen LogP contribution in [0.25, 0.3) is 0 Å². The van der Waals surface area contributed by atoms with E-state index in [1.807, 2.05) is 0 Å². The Morgan fingerprint density at radius 3 is 2.62 bits per heavy atom. The van der Waals surface area contributed by atoms with Crippen LogP contribution in [0, 0.1) is 5.92 Å². The van der Waals surface area contributed by atoms with Gasteiger partial charge < -0.3 is 10.4 Å². The molecule has 0 radical (unpaired) electrons. The molecule has 0 aliphatic heterocycles. The number of carbonyl (C=O) groups excluding carboxylic acids is 1. The number of hydrogen-bond donors (Lipinski definition) is 2. The first-order chi connectivity index (χ1) is 7.52. The van der Waals surface area contributed by atoms with E-state index in [0.717, 1.165) is 0 Å². The normalized spacial score (nSPS) is 11.9. The van der Waals surface area contributed by atoms with Crippen LogP contribution in [0.1, 0.15) is 17.3 Å². The molecule has 0 heterocycles. The van der Waals surface area contributed by atoms with Crippen LogP contribution in [0.15, 0.2) is 24.3 Å². The standard InChI is InChI=1S/C11H12ClNO3/c1-7(11(15)16)6-13-10(14)8-4-2-3-5-9(8)12/h2-5,7H,6H2,1H3,(H,13,14)(H,15,16). The number of amides is 1. The number of rotatable bonds is 4. The van der Waals surface area contributed by atoms with E-state index < -0.39 is 11.9 Å². The molecule has 16 heavy (non-hydrogen) atoms. The Bertz CT molecular complexity index is 406. The molecule has 1 unspecified atom stereocenters. The molecule has 0 aliphatic carbocycles. The van der Waals surface area contributed by atoms with E-state index in [2.05, 4.69) is 5.32 Å². The minimum Gasteiger partial charge on any atom is -0.481 e. The van der Waals surface area contributed by atoms with Gasteiger partial charge in [0.15, 0.2) is 0 Å². The van der Waals surface area contributed by atoms with Gasteiger partial charge in [-0.15, -0.1) is 0 Å². The third-order valence-corrected chi connectivity index (χ3v) is 2.44. The Morgan fingerprint density at radius 2 is 2.06 bits per heavy atom. The summed E-state index contributed by atoms with van der Waals surface area (Å²) in [5.41, 5.74) is 0.349. The average molecular weight is 242 g/mol. The lowest BCUT2D eigenvalue weighted by atomic mass is 10.1. The van der Waals surface area contributed by atoms with Crippen LogP contribution in [-0.2, 0) is 4.79 Å². The van der Waals surface area contributed by atoms with Crippen molar-refractivity contribution in [1.82, 2.24) is 5.32 Å². The third kappa shape index (κ3) is 3.24. The van der Waals surface area contributed by atoms with Gasteiger partial charge in [-0.25, -0.2) is 0 Å². The summed E-state index contributed by atoms with van der Waals surface area (Å²) in [4.78, 5) is 22.1. The fourth-order valence-electron chi connectivity index (χ4n) is 1.07. The molecule has 0 bridgehead atoms. The highest BCUT2D eigenvalue weighted by atomic mass is 35.5. The van der Waals surface area contributed by atoms with E-state index in [-0.39, 0.29) is 12.5 Å². The van der Waals surface area contributed by atoms with Gasteiger partial charge in [-0.2, -0.15) is 0 Å². The molecule has 2 N–H and O–H groups in total. The van der Waals surface area contributed by atoms with Gasteiger partial charge in [0.05, 0.1) is 16.5 Å². The second-order valence-electron chi connectivity index (χ2n) is 3.43. The van der Waals surface area contributed by atoms with Crippen molar-refractivity contribution in [1.29, 1.82) is 0 Å². The van der Waals surface area contributed by atoms with Crippen LogP contribution in [-0.4, -0.2) is 23.5 Å². The van der Waals surface area contributed by atoms with Crippen LogP contribution < -0.4 is 5.32 Å². The molecular formula is C11H12ClNO3. The maximum absolute atomic E-state index is 11.6. The van der Waals surface area contributed by atoms with Crippen molar-refractivity contribution in [2.75, 3.05) is 6.54 Å². The lowest BCUT2D eigenvalue weighted by molar-refractivity contribution is -0.140. The van der Waals surface area contributed by atoms with E-state index >= 15 is 0 Å². The van der Waals surface area contributed by atoms with Gasteiger partial charge >= 0.3 is 5.97 Å². The molecule has 86 valence electrons. The first-order valence-electron chi connectivity index (χ1n) is 4.78. The molecule has 1 atom stereocenters. The van der Waals surface area contributed by atoms with Crippen molar-refractivity contribution in [2.24, 2.45) is 5.92 Å². The molecule has 0 aliphatic rings. The van der Waals surface area contributed by atoms with Gasteiger partial charge in [0.1, 0.15) is 0 Å². The maximum atomic E-state index is 11.6. The monoisotopic (exact) mass is 241 g/mol. The molecule has 0 aromatic heterocycles. The fraction of sp³-hybridized carbons (Fsp3) is 0.273. The maximum Gasteiger partial charge on any atom is 0.308 e. The summed E-state index contributed by atoms with van der Waals surface area (Å²) in [5, 5.41) is 11.5. The van der Waals surface area contributed by atoms with Gasteiger partial charge in [-0.05, 0) is 12.1 Å². The summed E-state index contributed by atoms with van der Waals surface area (Å²) in [7, 11) is 0. The molecule has 0 saturated carbocycles. The van der Waals surface area contributed by atoms with Crippen molar-refractivity contribution in [2.45, 2.75) is 6.92 Å². The Kier molecular flexibility index (Phi) is 4.31. The summed E-state index contributed by atoms with van der Waals surface area (Å²) in [5.74, 6) is -1.93. The van der Waals surface area contributed by atoms with Crippen molar-refractivity contribution >= 4 is 23.5 Å². The number of benzene rings is 1. The highest BCUT2D eigenvalue weighted by molar-refractivity contribution is 6.33. The molecule has 4 nitrogen and oxygen atoms in total. The second-order valence-corrected chi connectivity index (χ2v) is 3.84. The zero-order chi connectivity index (χ0) is 12.1. The van der Waals surface area contributed by atoms with E-state index in [1.54, 1.807) is 24.3 Å². The van der Waals surface area contributed by atoms with Crippen molar-refractivity contribution < 1.29 is 14.7 Å². The molecule has 0 spiro atoms. The number of carboxylic acid groups (broad SMARTS) is 1. The lowest BCUT2D eigenvalue weighted by Crippen LogP contribution is -2.31. The summed E-state index contributed by atoms with van der Waals surface area (Å²) >= 11 is 5.82. The van der Waals surface area contributed by atoms with Gasteiger partial charge in [-0.1, -0.05) is 30.7 Å². The van der Waals surface area contributed by atoms with Gasteiger partial charge in [0.25, 0.3) is 5.91 Å². The molecule has 1 amide bonds. The number of hydrogen-bond acceptors (Lipinski definition) is 2. The lowest BCUT2D eigenvalue weighted by Gasteiger charge is -2.09. The van der Waals surface area contributed by atoms with E-state index in [1.165, 1.54) is 6.92 Å². The van der Waals surface area contributed by atoms with Crippen LogP contribution in [0.3, 0.4) is 0 Å². The fourth-order valence-corrected chi connectivity index (χ4v) is 1.30. The summed E-state index contributed by atoms with van der Waals surface area (Å²) < 4.78 is 0. The van der Waals surface area contributed by atoms with Crippen LogP contribution in [0.2, 0.25) is 5.02 Å². The molecular weight excluding hydrogens is 230 g/mol. The highest BCUT2D eigenvalue weighted by Crippen LogP contribution is 2.14. The molecule has 5 heteroatoms. The van der Waals surface area contributed by atoms with Gasteiger partial charge in [0, 0.05) is 6.54 Å². The topological polar surface area (TPSA) is 66.4 Å². The first-order valence-corrected chi connectivity index (χ1v) is 5.15. The Hall–Kier alpha value is -1.55. The Labute approximate surface area is 98.2 Å². The summed E-state index contributed by atoms with van der Waals surface area (Å²) in [6, 6.07) is 6.61. The Balaban J connectivity index is 2.60. The predicted molar refractivity (Wildman–Crippen MR) is 60.6 cm³/mol. The number of carboxylic acids is 1. The largest absolute Gasteiger partial charge is 0.481 e. The molecule has 1 rings (SSSR count). The summed E-state index contributed by atoms with van der Waals surface area (Å²) in [6.07, 6.45) is 0. The minimum absolute atomic E-state index is 0.0827. The molecule has 1 aromatic rings. The highest BCUT2D eigenvalue weighted by Gasteiger charge is 2.14. The second kappa shape index (κ2) is 5.51. The summed E-state index contributed by atoms with van der Waals surface area (Å²) in [6.45, 7) is 1.61. The number of halogens is 1. The van der Waals surface area contributed by atoms with Crippen molar-refractivity contribution in [3.8, 4) is 0 Å². The first kappa shape index (κ1) is 12.5. The Morgan fingerprint density at radius 1 is 1.44 bits per heavy atom. The molecule has 1 aromatic carbocycles. The van der Waals surface area contributed by atoms with Gasteiger partial charge in [-0.3, -0.25) is 9.59 Å². The SMILES string of the molecule is CC(CNC(=O)c1ccccc1Cl)C(=O)O. The third-order valence-electron chi connectivity index (χ3n) is 2.11. The van der Waals surface area contributed by atoms with Crippen LogP contribution in [0.5, 0.6) is 0 Å². The zero-order valence-corrected chi connectivity index (χ0v) is 9.49. The van der Waals surface area contributed by atoms with E-state index in [9.17, 15) is 9.59 Å². The molecule has 0 fully saturated rings. The van der Waals surface area contributed by atoms with E-state index in [4.69, 9.17) is 16.7 Å². The predicted octanol–water partition coefficient (Wildman–Crippen LogP) is 1.79. The number of carbonyl (C=O) groups is 2. The van der Waals surface area contributed by atoms with Crippen molar-refractivity contribution in [3.05, 3.63) is 34.9 Å². The number of aliphatic carboxylic acids is 1.